The number of aromatic amines is 1. The number of hydrogen-bond acceptors (Lipinski definition) is 3. The number of anilines is 2. The summed E-state index contributed by atoms with van der Waals surface area (Å²) in [4.78, 5) is 29.7. The number of carbonyl (C=O) groups is 2. The Morgan fingerprint density at radius 2 is 2.00 bits per heavy atom. The third-order valence-electron chi connectivity index (χ3n) is 5.08. The van der Waals surface area contributed by atoms with E-state index in [1.54, 1.807) is 24.4 Å². The molecule has 1 aliphatic heterocycles. The lowest BCUT2D eigenvalue weighted by atomic mass is 10.1. The van der Waals surface area contributed by atoms with Crippen LogP contribution in [0.15, 0.2) is 30.5 Å². The van der Waals surface area contributed by atoms with Gasteiger partial charge in [0.2, 0.25) is 5.91 Å². The Hall–Kier alpha value is -2.93. The largest absolute Gasteiger partial charge is 0.360 e. The molecule has 154 valence electrons. The topological polar surface area (TPSA) is 77.2 Å². The van der Waals surface area contributed by atoms with Gasteiger partial charge in [-0.05, 0) is 62.8 Å². The summed E-state index contributed by atoms with van der Waals surface area (Å²) >= 11 is 0. The highest BCUT2D eigenvalue weighted by atomic mass is 19.1. The minimum absolute atomic E-state index is 0.0335. The number of rotatable bonds is 9. The van der Waals surface area contributed by atoms with E-state index in [0.717, 1.165) is 32.5 Å². The van der Waals surface area contributed by atoms with Crippen molar-refractivity contribution in [3.8, 4) is 0 Å². The number of amides is 2. The second-order valence-electron chi connectivity index (χ2n) is 7.08. The van der Waals surface area contributed by atoms with Crippen molar-refractivity contribution in [3.63, 3.8) is 0 Å². The molecule has 3 N–H and O–H groups in total. The highest BCUT2D eigenvalue weighted by molar-refractivity contribution is 6.34. The number of unbranched alkanes of at least 4 members (excludes halogenated alkanes) is 1. The lowest BCUT2D eigenvalue weighted by Crippen LogP contribution is -2.24. The minimum Gasteiger partial charge on any atom is -0.360 e. The van der Waals surface area contributed by atoms with Crippen molar-refractivity contribution in [3.05, 3.63) is 47.5 Å². The Morgan fingerprint density at radius 3 is 2.76 bits per heavy atom. The van der Waals surface area contributed by atoms with Crippen molar-refractivity contribution in [1.29, 1.82) is 0 Å². The zero-order valence-corrected chi connectivity index (χ0v) is 16.8. The van der Waals surface area contributed by atoms with Gasteiger partial charge in [-0.15, -0.1) is 0 Å². The summed E-state index contributed by atoms with van der Waals surface area (Å²) in [6.45, 7) is 7.34. The number of halogens is 1. The lowest BCUT2D eigenvalue weighted by Gasteiger charge is -2.17. The average molecular weight is 398 g/mol. The van der Waals surface area contributed by atoms with Crippen molar-refractivity contribution in [2.24, 2.45) is 0 Å². The van der Waals surface area contributed by atoms with E-state index < -0.39 is 5.82 Å². The van der Waals surface area contributed by atoms with Crippen molar-refractivity contribution < 1.29 is 14.0 Å². The predicted octanol–water partition coefficient (Wildman–Crippen LogP) is 4.10. The van der Waals surface area contributed by atoms with Crippen LogP contribution in [0.2, 0.25) is 0 Å². The molecule has 0 saturated heterocycles. The molecule has 0 unspecified atom stereocenters. The predicted molar refractivity (Wildman–Crippen MR) is 114 cm³/mol. The molecule has 7 heteroatoms. The van der Waals surface area contributed by atoms with Crippen molar-refractivity contribution in [2.45, 2.75) is 33.1 Å². The molecule has 29 heavy (non-hydrogen) atoms. The van der Waals surface area contributed by atoms with E-state index in [4.69, 9.17) is 0 Å². The summed E-state index contributed by atoms with van der Waals surface area (Å²) in [5.74, 6) is -0.709. The fraction of sp³-hybridized carbons (Fsp3) is 0.364. The molecular formula is C22H27FN4O2. The molecule has 1 aromatic heterocycles. The van der Waals surface area contributed by atoms with E-state index in [9.17, 15) is 14.0 Å². The highest BCUT2D eigenvalue weighted by Crippen LogP contribution is 2.33. The van der Waals surface area contributed by atoms with Crippen LogP contribution in [0.5, 0.6) is 0 Å². The van der Waals surface area contributed by atoms with Crippen LogP contribution >= 0.6 is 0 Å². The molecule has 3 rings (SSSR count). The standard InChI is InChI=1S/C22H27FN4O2/c1-3-27(4-2)10-6-5-7-21(28)25-17-12-16(24-14-17)13-19-18-11-15(23)8-9-20(18)26-22(19)29/h8-9,11-14,24H,3-7,10H2,1-2H3,(H,25,28)(H,26,29). The first-order valence-electron chi connectivity index (χ1n) is 10.0. The van der Waals surface area contributed by atoms with Crippen LogP contribution < -0.4 is 10.6 Å². The summed E-state index contributed by atoms with van der Waals surface area (Å²) in [7, 11) is 0. The number of aromatic nitrogens is 1. The number of carbonyl (C=O) groups excluding carboxylic acids is 2. The first kappa shape index (κ1) is 20.8. The molecule has 1 aromatic carbocycles. The summed E-state index contributed by atoms with van der Waals surface area (Å²) in [5.41, 5.74) is 2.80. The molecule has 0 atom stereocenters. The Balaban J connectivity index is 1.56. The van der Waals surface area contributed by atoms with Gasteiger partial charge in [-0.3, -0.25) is 9.59 Å². The molecule has 2 heterocycles. The van der Waals surface area contributed by atoms with Gasteiger partial charge in [-0.2, -0.15) is 0 Å². The number of nitrogens with one attached hydrogen (secondary N) is 3. The van der Waals surface area contributed by atoms with Crippen molar-refractivity contribution >= 4 is 34.8 Å². The molecule has 0 fully saturated rings. The minimum atomic E-state index is -0.397. The molecule has 0 saturated carbocycles. The van der Waals surface area contributed by atoms with Crippen LogP contribution in [0.1, 0.15) is 44.4 Å². The fourth-order valence-corrected chi connectivity index (χ4v) is 3.41. The average Bonchev–Trinajstić information content (AvgIpc) is 3.26. The van der Waals surface area contributed by atoms with E-state index in [2.05, 4.69) is 34.4 Å². The Morgan fingerprint density at radius 1 is 1.21 bits per heavy atom. The SMILES string of the molecule is CCN(CC)CCCCC(=O)Nc1c[nH]c(C=C2C(=O)Nc3ccc(F)cc32)c1. The van der Waals surface area contributed by atoms with Crippen LogP contribution in [0, 0.1) is 5.82 Å². The summed E-state index contributed by atoms with van der Waals surface area (Å²) in [6, 6.07) is 5.95. The number of hydrogen-bond donors (Lipinski definition) is 3. The van der Waals surface area contributed by atoms with Gasteiger partial charge in [0.25, 0.3) is 5.91 Å². The van der Waals surface area contributed by atoms with E-state index >= 15 is 0 Å². The van der Waals surface area contributed by atoms with Crippen LogP contribution in [-0.4, -0.2) is 41.3 Å². The van der Waals surface area contributed by atoms with Crippen LogP contribution in [0.25, 0.3) is 11.6 Å². The van der Waals surface area contributed by atoms with Crippen LogP contribution in [0.4, 0.5) is 15.8 Å². The van der Waals surface area contributed by atoms with Gasteiger partial charge < -0.3 is 20.5 Å². The quantitative estimate of drug-likeness (QED) is 0.440. The summed E-state index contributed by atoms with van der Waals surface area (Å²) in [6.07, 6.45) is 5.63. The molecule has 0 bridgehead atoms. The molecule has 2 aromatic rings. The van der Waals surface area contributed by atoms with Gasteiger partial charge in [0.1, 0.15) is 5.82 Å². The number of H-pyrrole nitrogens is 1. The third kappa shape index (κ3) is 5.32. The number of benzene rings is 1. The molecule has 0 spiro atoms. The van der Waals surface area contributed by atoms with Crippen molar-refractivity contribution in [2.75, 3.05) is 30.3 Å². The zero-order valence-electron chi connectivity index (χ0n) is 16.8. The van der Waals surface area contributed by atoms with Gasteiger partial charge >= 0.3 is 0 Å². The van der Waals surface area contributed by atoms with Gasteiger partial charge in [0, 0.05) is 29.6 Å². The van der Waals surface area contributed by atoms with Crippen LogP contribution in [0.3, 0.4) is 0 Å². The Kier molecular flexibility index (Phi) is 6.82. The first-order valence-corrected chi connectivity index (χ1v) is 10.0. The molecule has 0 radical (unpaired) electrons. The second-order valence-corrected chi connectivity index (χ2v) is 7.08. The fourth-order valence-electron chi connectivity index (χ4n) is 3.41. The van der Waals surface area contributed by atoms with E-state index in [1.807, 2.05) is 0 Å². The van der Waals surface area contributed by atoms with E-state index in [0.29, 0.717) is 34.6 Å². The number of fused-ring (bicyclic) bond motifs is 1. The zero-order chi connectivity index (χ0) is 20.8. The molecule has 6 nitrogen and oxygen atoms in total. The summed E-state index contributed by atoms with van der Waals surface area (Å²) in [5, 5.41) is 5.59. The molecular weight excluding hydrogens is 371 g/mol. The highest BCUT2D eigenvalue weighted by Gasteiger charge is 2.24. The van der Waals surface area contributed by atoms with Crippen LogP contribution in [-0.2, 0) is 9.59 Å². The summed E-state index contributed by atoms with van der Waals surface area (Å²) < 4.78 is 13.5. The second kappa shape index (κ2) is 9.52. The maximum absolute atomic E-state index is 13.5. The normalized spacial score (nSPS) is 14.3. The van der Waals surface area contributed by atoms with Gasteiger partial charge in [0.15, 0.2) is 0 Å². The van der Waals surface area contributed by atoms with Crippen molar-refractivity contribution in [1.82, 2.24) is 9.88 Å². The van der Waals surface area contributed by atoms with Gasteiger partial charge in [-0.25, -0.2) is 4.39 Å². The lowest BCUT2D eigenvalue weighted by molar-refractivity contribution is -0.116. The molecule has 2 amide bonds. The maximum Gasteiger partial charge on any atom is 0.256 e. The smallest absolute Gasteiger partial charge is 0.256 e. The van der Waals surface area contributed by atoms with Gasteiger partial charge in [-0.1, -0.05) is 13.8 Å². The monoisotopic (exact) mass is 398 g/mol. The Labute approximate surface area is 170 Å². The molecule has 0 aliphatic carbocycles. The maximum atomic E-state index is 13.5. The third-order valence-corrected chi connectivity index (χ3v) is 5.08. The molecule has 1 aliphatic rings. The van der Waals surface area contributed by atoms with E-state index in [-0.39, 0.29) is 11.8 Å². The van der Waals surface area contributed by atoms with Gasteiger partial charge in [0.05, 0.1) is 11.3 Å². The van der Waals surface area contributed by atoms with E-state index in [1.165, 1.54) is 12.1 Å². The number of nitrogens with zero attached hydrogens (tertiary/aromatic N) is 1. The first-order chi connectivity index (χ1) is 14.0. The Bertz CT molecular complexity index is 915.